The molecule has 100 valence electrons. The van der Waals surface area contributed by atoms with E-state index in [2.05, 4.69) is 12.2 Å². The summed E-state index contributed by atoms with van der Waals surface area (Å²) in [5.41, 5.74) is 0. The van der Waals surface area contributed by atoms with E-state index in [0.29, 0.717) is 13.0 Å². The van der Waals surface area contributed by atoms with Gasteiger partial charge in [0.1, 0.15) is 0 Å². The maximum Gasteiger partial charge on any atom is 0.328 e. The van der Waals surface area contributed by atoms with Crippen LogP contribution in [0, 0.1) is 0 Å². The number of ether oxygens (including phenoxy) is 1. The summed E-state index contributed by atoms with van der Waals surface area (Å²) in [7, 11) is 0. The summed E-state index contributed by atoms with van der Waals surface area (Å²) in [5, 5.41) is 11.5. The predicted octanol–water partition coefficient (Wildman–Crippen LogP) is 1.56. The molecule has 0 bridgehead atoms. The molecule has 5 nitrogen and oxygen atoms in total. The van der Waals surface area contributed by atoms with Crippen molar-refractivity contribution in [3.05, 3.63) is 0 Å². The van der Waals surface area contributed by atoms with Crippen molar-refractivity contribution in [2.24, 2.45) is 0 Å². The molecule has 0 aliphatic heterocycles. The summed E-state index contributed by atoms with van der Waals surface area (Å²) >= 11 is 0. The van der Waals surface area contributed by atoms with Gasteiger partial charge in [-0.3, -0.25) is 4.79 Å². The number of rotatable bonds is 9. The lowest BCUT2D eigenvalue weighted by molar-refractivity contribution is -0.146. The second-order valence-electron chi connectivity index (χ2n) is 4.00. The van der Waals surface area contributed by atoms with Crippen LogP contribution < -0.4 is 5.32 Å². The maximum absolute atomic E-state index is 11.5. The molecule has 0 saturated carbocycles. The van der Waals surface area contributed by atoms with E-state index < -0.39 is 18.1 Å². The highest BCUT2D eigenvalue weighted by atomic mass is 16.5. The first-order valence-electron chi connectivity index (χ1n) is 6.16. The number of carboxylic acids is 1. The molecule has 0 aliphatic carbocycles. The van der Waals surface area contributed by atoms with Crippen molar-refractivity contribution in [2.75, 3.05) is 6.61 Å². The van der Waals surface area contributed by atoms with E-state index in [1.54, 1.807) is 13.8 Å². The molecular formula is C12H23NO4. The number of carbonyl (C=O) groups excluding carboxylic acids is 1. The third kappa shape index (κ3) is 6.94. The summed E-state index contributed by atoms with van der Waals surface area (Å²) in [4.78, 5) is 22.5. The molecule has 0 aliphatic rings. The zero-order valence-corrected chi connectivity index (χ0v) is 10.9. The highest BCUT2D eigenvalue weighted by Crippen LogP contribution is 2.03. The standard InChI is InChI=1S/C12H23NO4/c1-4-6-7-8-10(14)13-11(12(15)16)9(3)17-5-2/h9,11H,4-8H2,1-3H3,(H,13,14)(H,15,16)/t9-,11+/m1/s1. The molecule has 0 heterocycles. The second kappa shape index (κ2) is 8.98. The lowest BCUT2D eigenvalue weighted by Crippen LogP contribution is -2.48. The summed E-state index contributed by atoms with van der Waals surface area (Å²) in [6.07, 6.45) is 2.65. The molecule has 0 aromatic heterocycles. The summed E-state index contributed by atoms with van der Waals surface area (Å²) in [6.45, 7) is 5.92. The maximum atomic E-state index is 11.5. The fourth-order valence-corrected chi connectivity index (χ4v) is 1.52. The first-order valence-corrected chi connectivity index (χ1v) is 6.16. The molecule has 0 spiro atoms. The minimum Gasteiger partial charge on any atom is -0.480 e. The van der Waals surface area contributed by atoms with Gasteiger partial charge in [-0.15, -0.1) is 0 Å². The zero-order chi connectivity index (χ0) is 13.3. The largest absolute Gasteiger partial charge is 0.480 e. The number of amides is 1. The van der Waals surface area contributed by atoms with E-state index in [1.165, 1.54) is 0 Å². The zero-order valence-electron chi connectivity index (χ0n) is 10.9. The molecule has 1 amide bonds. The Labute approximate surface area is 103 Å². The Kier molecular flexibility index (Phi) is 8.40. The van der Waals surface area contributed by atoms with Crippen molar-refractivity contribution in [3.8, 4) is 0 Å². The molecule has 17 heavy (non-hydrogen) atoms. The van der Waals surface area contributed by atoms with Crippen LogP contribution in [0.1, 0.15) is 46.5 Å². The van der Waals surface area contributed by atoms with Crippen molar-refractivity contribution in [1.82, 2.24) is 5.32 Å². The molecule has 2 N–H and O–H groups in total. The molecule has 0 aromatic carbocycles. The number of hydrogen-bond acceptors (Lipinski definition) is 3. The Hall–Kier alpha value is -1.10. The van der Waals surface area contributed by atoms with Crippen LogP contribution >= 0.6 is 0 Å². The van der Waals surface area contributed by atoms with Crippen molar-refractivity contribution in [2.45, 2.75) is 58.6 Å². The molecule has 0 aromatic rings. The van der Waals surface area contributed by atoms with E-state index in [-0.39, 0.29) is 5.91 Å². The molecule has 2 atom stereocenters. The van der Waals surface area contributed by atoms with E-state index in [0.717, 1.165) is 19.3 Å². The van der Waals surface area contributed by atoms with Gasteiger partial charge in [0.2, 0.25) is 5.91 Å². The minimum absolute atomic E-state index is 0.225. The van der Waals surface area contributed by atoms with E-state index >= 15 is 0 Å². The average molecular weight is 245 g/mol. The lowest BCUT2D eigenvalue weighted by atomic mass is 10.1. The molecule has 0 saturated heterocycles. The van der Waals surface area contributed by atoms with Gasteiger partial charge in [0.15, 0.2) is 6.04 Å². The van der Waals surface area contributed by atoms with Crippen LogP contribution in [0.15, 0.2) is 0 Å². The van der Waals surface area contributed by atoms with Gasteiger partial charge in [-0.25, -0.2) is 4.79 Å². The Morgan fingerprint density at radius 3 is 2.41 bits per heavy atom. The lowest BCUT2D eigenvalue weighted by Gasteiger charge is -2.21. The number of aliphatic carboxylic acids is 1. The van der Waals surface area contributed by atoms with Gasteiger partial charge in [-0.1, -0.05) is 19.8 Å². The van der Waals surface area contributed by atoms with Crippen molar-refractivity contribution < 1.29 is 19.4 Å². The predicted molar refractivity (Wildman–Crippen MR) is 64.8 cm³/mol. The van der Waals surface area contributed by atoms with Crippen molar-refractivity contribution >= 4 is 11.9 Å². The third-order valence-electron chi connectivity index (χ3n) is 2.49. The van der Waals surface area contributed by atoms with Crippen LogP contribution in [0.25, 0.3) is 0 Å². The summed E-state index contributed by atoms with van der Waals surface area (Å²) < 4.78 is 5.20. The quantitative estimate of drug-likeness (QED) is 0.604. The number of carbonyl (C=O) groups is 2. The van der Waals surface area contributed by atoms with Gasteiger partial charge in [-0.2, -0.15) is 0 Å². The van der Waals surface area contributed by atoms with Gasteiger partial charge < -0.3 is 15.2 Å². The Morgan fingerprint density at radius 2 is 1.94 bits per heavy atom. The van der Waals surface area contributed by atoms with Crippen LogP contribution in [0.3, 0.4) is 0 Å². The monoisotopic (exact) mass is 245 g/mol. The highest BCUT2D eigenvalue weighted by Gasteiger charge is 2.26. The van der Waals surface area contributed by atoms with Crippen LogP contribution in [-0.4, -0.2) is 35.7 Å². The first kappa shape index (κ1) is 15.9. The molecule has 5 heteroatoms. The van der Waals surface area contributed by atoms with Gasteiger partial charge in [-0.05, 0) is 20.3 Å². The van der Waals surface area contributed by atoms with Crippen LogP contribution in [0.4, 0.5) is 0 Å². The van der Waals surface area contributed by atoms with Gasteiger partial charge in [0, 0.05) is 13.0 Å². The average Bonchev–Trinajstić information content (AvgIpc) is 2.26. The SMILES string of the molecule is CCCCCC(=O)N[C@H](C(=O)O)[C@@H](C)OCC. The number of nitrogens with one attached hydrogen (secondary N) is 1. The fourth-order valence-electron chi connectivity index (χ4n) is 1.52. The number of hydrogen-bond donors (Lipinski definition) is 2. The number of carboxylic acid groups (broad SMARTS) is 1. The van der Waals surface area contributed by atoms with E-state index in [4.69, 9.17) is 9.84 Å². The Morgan fingerprint density at radius 1 is 1.29 bits per heavy atom. The molecule has 0 radical (unpaired) electrons. The molecule has 0 rings (SSSR count). The van der Waals surface area contributed by atoms with Gasteiger partial charge in [0.25, 0.3) is 0 Å². The number of unbranched alkanes of at least 4 members (excludes halogenated alkanes) is 2. The van der Waals surface area contributed by atoms with Crippen LogP contribution in [0.5, 0.6) is 0 Å². The van der Waals surface area contributed by atoms with Crippen LogP contribution in [0.2, 0.25) is 0 Å². The van der Waals surface area contributed by atoms with Gasteiger partial charge >= 0.3 is 5.97 Å². The molecular weight excluding hydrogens is 222 g/mol. The van der Waals surface area contributed by atoms with Crippen LogP contribution in [-0.2, 0) is 14.3 Å². The smallest absolute Gasteiger partial charge is 0.328 e. The summed E-state index contributed by atoms with van der Waals surface area (Å²) in [5.74, 6) is -1.29. The Balaban J connectivity index is 4.15. The normalized spacial score (nSPS) is 14.1. The molecule has 0 fully saturated rings. The first-order chi connectivity index (χ1) is 8.02. The van der Waals surface area contributed by atoms with E-state index in [9.17, 15) is 9.59 Å². The molecule has 0 unspecified atom stereocenters. The fraction of sp³-hybridized carbons (Fsp3) is 0.833. The third-order valence-corrected chi connectivity index (χ3v) is 2.49. The highest BCUT2D eigenvalue weighted by molar-refractivity contribution is 5.83. The second-order valence-corrected chi connectivity index (χ2v) is 4.00. The van der Waals surface area contributed by atoms with E-state index in [1.807, 2.05) is 0 Å². The Bertz CT molecular complexity index is 243. The van der Waals surface area contributed by atoms with Gasteiger partial charge in [0.05, 0.1) is 6.10 Å². The summed E-state index contributed by atoms with van der Waals surface area (Å²) in [6, 6.07) is -0.968. The van der Waals surface area contributed by atoms with Crippen molar-refractivity contribution in [3.63, 3.8) is 0 Å². The minimum atomic E-state index is -1.06. The van der Waals surface area contributed by atoms with Crippen molar-refractivity contribution in [1.29, 1.82) is 0 Å². The topological polar surface area (TPSA) is 75.6 Å².